The Balaban J connectivity index is 2.50. The molecular formula is C10H21NO. The van der Waals surface area contributed by atoms with Crippen molar-refractivity contribution in [2.24, 2.45) is 0 Å². The third-order valence-electron chi connectivity index (χ3n) is 3.35. The molecular weight excluding hydrogens is 150 g/mol. The van der Waals surface area contributed by atoms with Gasteiger partial charge in [-0.05, 0) is 26.7 Å². The van der Waals surface area contributed by atoms with Gasteiger partial charge in [0, 0.05) is 18.6 Å². The highest BCUT2D eigenvalue weighted by molar-refractivity contribution is 4.99. The molecule has 0 spiro atoms. The smallest absolute Gasteiger partial charge is 0.0872 e. The highest BCUT2D eigenvalue weighted by Gasteiger charge is 2.44. The van der Waals surface area contributed by atoms with Crippen LogP contribution in [0.5, 0.6) is 0 Å². The Morgan fingerprint density at radius 1 is 1.33 bits per heavy atom. The lowest BCUT2D eigenvalue weighted by atomic mass is 9.84. The molecule has 1 heterocycles. The van der Waals surface area contributed by atoms with E-state index in [1.165, 1.54) is 12.8 Å². The van der Waals surface area contributed by atoms with Crippen LogP contribution in [0.3, 0.4) is 0 Å². The summed E-state index contributed by atoms with van der Waals surface area (Å²) in [6.07, 6.45) is 2.33. The van der Waals surface area contributed by atoms with Gasteiger partial charge in [0.1, 0.15) is 0 Å². The van der Waals surface area contributed by atoms with Crippen LogP contribution >= 0.6 is 0 Å². The summed E-state index contributed by atoms with van der Waals surface area (Å²) < 4.78 is 0. The van der Waals surface area contributed by atoms with Gasteiger partial charge in [0.2, 0.25) is 0 Å². The Bertz CT molecular complexity index is 153. The number of likely N-dealkylation sites (tertiary alicyclic amines) is 1. The SMILES string of the molecule is CCC(C)(CC)N1CC(C)(O)C1. The lowest BCUT2D eigenvalue weighted by molar-refractivity contribution is -0.129. The number of hydrogen-bond donors (Lipinski definition) is 1. The fourth-order valence-corrected chi connectivity index (χ4v) is 1.85. The predicted octanol–water partition coefficient (Wildman–Crippen LogP) is 1.63. The molecule has 0 amide bonds. The zero-order valence-electron chi connectivity index (χ0n) is 8.72. The van der Waals surface area contributed by atoms with Crippen molar-refractivity contribution in [2.45, 2.75) is 51.7 Å². The summed E-state index contributed by atoms with van der Waals surface area (Å²) in [6, 6.07) is 0. The largest absolute Gasteiger partial charge is 0.388 e. The van der Waals surface area contributed by atoms with Crippen molar-refractivity contribution in [3.63, 3.8) is 0 Å². The summed E-state index contributed by atoms with van der Waals surface area (Å²) in [7, 11) is 0. The van der Waals surface area contributed by atoms with Gasteiger partial charge in [-0.3, -0.25) is 4.90 Å². The van der Waals surface area contributed by atoms with E-state index in [1.807, 2.05) is 6.92 Å². The minimum atomic E-state index is -0.425. The molecule has 1 saturated heterocycles. The van der Waals surface area contributed by atoms with Gasteiger partial charge in [0.05, 0.1) is 5.60 Å². The van der Waals surface area contributed by atoms with Crippen LogP contribution in [0, 0.1) is 0 Å². The van der Waals surface area contributed by atoms with E-state index in [-0.39, 0.29) is 0 Å². The van der Waals surface area contributed by atoms with E-state index >= 15 is 0 Å². The molecule has 0 aromatic heterocycles. The summed E-state index contributed by atoms with van der Waals surface area (Å²) >= 11 is 0. The van der Waals surface area contributed by atoms with Crippen molar-refractivity contribution in [3.8, 4) is 0 Å². The number of hydrogen-bond acceptors (Lipinski definition) is 2. The van der Waals surface area contributed by atoms with Crippen LogP contribution < -0.4 is 0 Å². The van der Waals surface area contributed by atoms with Gasteiger partial charge in [-0.25, -0.2) is 0 Å². The molecule has 0 unspecified atom stereocenters. The first-order valence-corrected chi connectivity index (χ1v) is 4.91. The maximum Gasteiger partial charge on any atom is 0.0872 e. The van der Waals surface area contributed by atoms with Crippen molar-refractivity contribution in [2.75, 3.05) is 13.1 Å². The van der Waals surface area contributed by atoms with Gasteiger partial charge in [0.25, 0.3) is 0 Å². The van der Waals surface area contributed by atoms with E-state index in [1.54, 1.807) is 0 Å². The van der Waals surface area contributed by atoms with Crippen molar-refractivity contribution in [3.05, 3.63) is 0 Å². The predicted molar refractivity (Wildman–Crippen MR) is 51.2 cm³/mol. The topological polar surface area (TPSA) is 23.5 Å². The molecule has 1 fully saturated rings. The van der Waals surface area contributed by atoms with Gasteiger partial charge in [-0.15, -0.1) is 0 Å². The molecule has 0 aromatic rings. The molecule has 12 heavy (non-hydrogen) atoms. The Labute approximate surface area is 75.6 Å². The third kappa shape index (κ3) is 1.64. The minimum Gasteiger partial charge on any atom is -0.388 e. The molecule has 0 aromatic carbocycles. The molecule has 2 nitrogen and oxygen atoms in total. The van der Waals surface area contributed by atoms with Crippen LogP contribution in [0.4, 0.5) is 0 Å². The molecule has 1 rings (SSSR count). The van der Waals surface area contributed by atoms with Crippen molar-refractivity contribution in [1.82, 2.24) is 4.90 Å². The highest BCUT2D eigenvalue weighted by atomic mass is 16.3. The molecule has 1 N–H and O–H groups in total. The Kier molecular flexibility index (Phi) is 2.50. The van der Waals surface area contributed by atoms with E-state index in [0.29, 0.717) is 5.54 Å². The average molecular weight is 171 g/mol. The lowest BCUT2D eigenvalue weighted by Gasteiger charge is -2.53. The molecule has 1 aliphatic heterocycles. The normalized spacial score (nSPS) is 23.8. The fourth-order valence-electron chi connectivity index (χ4n) is 1.85. The Morgan fingerprint density at radius 2 is 1.75 bits per heavy atom. The van der Waals surface area contributed by atoms with Crippen LogP contribution in [0.15, 0.2) is 0 Å². The van der Waals surface area contributed by atoms with Crippen LogP contribution in [0.2, 0.25) is 0 Å². The Morgan fingerprint density at radius 3 is 2.00 bits per heavy atom. The molecule has 72 valence electrons. The molecule has 1 aliphatic rings. The first-order chi connectivity index (χ1) is 5.43. The summed E-state index contributed by atoms with van der Waals surface area (Å²) in [5.41, 5.74) is -0.117. The van der Waals surface area contributed by atoms with E-state index in [0.717, 1.165) is 13.1 Å². The monoisotopic (exact) mass is 171 g/mol. The van der Waals surface area contributed by atoms with Crippen LogP contribution in [0.1, 0.15) is 40.5 Å². The summed E-state index contributed by atoms with van der Waals surface area (Å²) in [5, 5.41) is 9.60. The number of β-amino-alcohol motifs (C(OH)–C–C–N with tert-alkyl or cyclic N) is 1. The van der Waals surface area contributed by atoms with Gasteiger partial charge in [-0.1, -0.05) is 13.8 Å². The zero-order chi connectivity index (χ0) is 9.41. The number of nitrogens with zero attached hydrogens (tertiary/aromatic N) is 1. The average Bonchev–Trinajstić information content (AvgIpc) is 1.99. The second-order valence-corrected chi connectivity index (χ2v) is 4.56. The summed E-state index contributed by atoms with van der Waals surface area (Å²) in [4.78, 5) is 2.38. The fraction of sp³-hybridized carbons (Fsp3) is 1.00. The maximum absolute atomic E-state index is 9.60. The molecule has 0 radical (unpaired) electrons. The molecule has 0 atom stereocenters. The van der Waals surface area contributed by atoms with Gasteiger partial charge < -0.3 is 5.11 Å². The van der Waals surface area contributed by atoms with Crippen LogP contribution in [-0.4, -0.2) is 34.2 Å². The number of aliphatic hydroxyl groups is 1. The third-order valence-corrected chi connectivity index (χ3v) is 3.35. The van der Waals surface area contributed by atoms with Crippen LogP contribution in [-0.2, 0) is 0 Å². The van der Waals surface area contributed by atoms with E-state index in [2.05, 4.69) is 25.7 Å². The van der Waals surface area contributed by atoms with Crippen molar-refractivity contribution in [1.29, 1.82) is 0 Å². The first kappa shape index (κ1) is 10.0. The van der Waals surface area contributed by atoms with Crippen LogP contribution in [0.25, 0.3) is 0 Å². The van der Waals surface area contributed by atoms with E-state index < -0.39 is 5.60 Å². The molecule has 0 aliphatic carbocycles. The maximum atomic E-state index is 9.60. The quantitative estimate of drug-likeness (QED) is 0.697. The van der Waals surface area contributed by atoms with Gasteiger partial charge >= 0.3 is 0 Å². The second kappa shape index (κ2) is 3.00. The number of rotatable bonds is 3. The highest BCUT2D eigenvalue weighted by Crippen LogP contribution is 2.32. The lowest BCUT2D eigenvalue weighted by Crippen LogP contribution is -2.66. The van der Waals surface area contributed by atoms with E-state index in [4.69, 9.17) is 0 Å². The van der Waals surface area contributed by atoms with Crippen molar-refractivity contribution >= 4 is 0 Å². The van der Waals surface area contributed by atoms with Crippen molar-refractivity contribution < 1.29 is 5.11 Å². The van der Waals surface area contributed by atoms with Gasteiger partial charge in [0.15, 0.2) is 0 Å². The standard InChI is InChI=1S/C10H21NO/c1-5-9(3,6-2)11-7-10(4,12)8-11/h12H,5-8H2,1-4H3. The Hall–Kier alpha value is -0.0800. The summed E-state index contributed by atoms with van der Waals surface area (Å²) in [5.74, 6) is 0. The van der Waals surface area contributed by atoms with Gasteiger partial charge in [-0.2, -0.15) is 0 Å². The summed E-state index contributed by atoms with van der Waals surface area (Å²) in [6.45, 7) is 10.3. The molecule has 0 bridgehead atoms. The minimum absolute atomic E-state index is 0.308. The first-order valence-electron chi connectivity index (χ1n) is 4.91. The molecule has 2 heteroatoms. The van der Waals surface area contributed by atoms with E-state index in [9.17, 15) is 5.11 Å². The molecule has 0 saturated carbocycles. The zero-order valence-corrected chi connectivity index (χ0v) is 8.72. The second-order valence-electron chi connectivity index (χ2n) is 4.56.